The number of sulfonamides is 1. The molecule has 0 aliphatic heterocycles. The van der Waals surface area contributed by atoms with Gasteiger partial charge in [-0.2, -0.15) is 0 Å². The Morgan fingerprint density at radius 3 is 2.65 bits per heavy atom. The van der Waals surface area contributed by atoms with Gasteiger partial charge in [0, 0.05) is 6.04 Å². The van der Waals surface area contributed by atoms with Crippen LogP contribution in [0.2, 0.25) is 0 Å². The van der Waals surface area contributed by atoms with Crippen molar-refractivity contribution >= 4 is 10.0 Å². The average molecular weight is 296 g/mol. The van der Waals surface area contributed by atoms with Gasteiger partial charge < -0.3 is 5.73 Å². The summed E-state index contributed by atoms with van der Waals surface area (Å²) in [6, 6.07) is 3.59. The van der Waals surface area contributed by atoms with Gasteiger partial charge in [-0.15, -0.1) is 0 Å². The molecule has 1 fully saturated rings. The first-order valence-electron chi connectivity index (χ1n) is 6.27. The Morgan fingerprint density at radius 2 is 2.15 bits per heavy atom. The van der Waals surface area contributed by atoms with Crippen LogP contribution in [0.25, 0.3) is 0 Å². The molecule has 1 aliphatic rings. The van der Waals surface area contributed by atoms with E-state index in [2.05, 4.69) is 16.6 Å². The summed E-state index contributed by atoms with van der Waals surface area (Å²) in [6.45, 7) is 4.08. The van der Waals surface area contributed by atoms with E-state index in [9.17, 15) is 12.8 Å². The molecule has 0 bridgehead atoms. The number of hydrogen-bond donors (Lipinski definition) is 2. The molecule has 1 aliphatic carbocycles. The molecular weight excluding hydrogens is 279 g/mol. The van der Waals surface area contributed by atoms with E-state index in [4.69, 9.17) is 5.73 Å². The lowest BCUT2D eigenvalue weighted by atomic mass is 10.2. The van der Waals surface area contributed by atoms with Gasteiger partial charge in [-0.25, -0.2) is 17.5 Å². The van der Waals surface area contributed by atoms with Crippen molar-refractivity contribution in [1.82, 2.24) is 4.72 Å². The third-order valence-electron chi connectivity index (χ3n) is 3.39. The highest BCUT2D eigenvalue weighted by Crippen LogP contribution is 2.45. The number of rotatable bonds is 3. The highest BCUT2D eigenvalue weighted by atomic mass is 32.2. The molecule has 0 saturated heterocycles. The number of benzene rings is 1. The maximum Gasteiger partial charge on any atom is 0.240 e. The standard InChI is InChI=1S/C14H17FN2O2S/c1-14(2)9-13(14)17-20(18,19)11-6-5-10(4-3-7-16)12(15)8-11/h5-6,8,13,17H,7,9,16H2,1-2H3. The van der Waals surface area contributed by atoms with Gasteiger partial charge in [-0.3, -0.25) is 0 Å². The molecule has 20 heavy (non-hydrogen) atoms. The summed E-state index contributed by atoms with van der Waals surface area (Å²) in [7, 11) is -3.69. The van der Waals surface area contributed by atoms with Crippen molar-refractivity contribution in [2.24, 2.45) is 11.1 Å². The Morgan fingerprint density at radius 1 is 1.50 bits per heavy atom. The van der Waals surface area contributed by atoms with Crippen molar-refractivity contribution in [2.45, 2.75) is 31.2 Å². The molecule has 3 N–H and O–H groups in total. The van der Waals surface area contributed by atoms with Crippen LogP contribution < -0.4 is 10.5 Å². The minimum absolute atomic E-state index is 0.0296. The van der Waals surface area contributed by atoms with E-state index >= 15 is 0 Å². The Bertz CT molecular complexity index is 687. The van der Waals surface area contributed by atoms with E-state index in [0.717, 1.165) is 12.5 Å². The van der Waals surface area contributed by atoms with Gasteiger partial charge in [-0.1, -0.05) is 25.7 Å². The molecule has 0 heterocycles. The molecule has 0 amide bonds. The Hall–Kier alpha value is -1.42. The van der Waals surface area contributed by atoms with Crippen molar-refractivity contribution in [1.29, 1.82) is 0 Å². The second-order valence-corrected chi connectivity index (χ2v) is 7.23. The van der Waals surface area contributed by atoms with E-state index < -0.39 is 15.8 Å². The third-order valence-corrected chi connectivity index (χ3v) is 4.86. The lowest BCUT2D eigenvalue weighted by molar-refractivity contribution is 0.553. The highest BCUT2D eigenvalue weighted by molar-refractivity contribution is 7.89. The minimum atomic E-state index is -3.69. The zero-order valence-electron chi connectivity index (χ0n) is 11.4. The van der Waals surface area contributed by atoms with Gasteiger partial charge in [0.2, 0.25) is 10.0 Å². The van der Waals surface area contributed by atoms with Crippen molar-refractivity contribution in [3.8, 4) is 11.8 Å². The van der Waals surface area contributed by atoms with Gasteiger partial charge in [0.1, 0.15) is 5.82 Å². The van der Waals surface area contributed by atoms with Crippen LogP contribution in [0.15, 0.2) is 23.1 Å². The summed E-state index contributed by atoms with van der Waals surface area (Å²) in [6.07, 6.45) is 0.786. The first-order chi connectivity index (χ1) is 9.26. The van der Waals surface area contributed by atoms with Crippen molar-refractivity contribution in [2.75, 3.05) is 6.54 Å². The summed E-state index contributed by atoms with van der Waals surface area (Å²) in [4.78, 5) is -0.0870. The average Bonchev–Trinajstić information content (AvgIpc) is 2.93. The lowest BCUT2D eigenvalue weighted by Gasteiger charge is -2.08. The molecule has 108 valence electrons. The third kappa shape index (κ3) is 3.18. The van der Waals surface area contributed by atoms with Gasteiger partial charge in [0.15, 0.2) is 0 Å². The fourth-order valence-electron chi connectivity index (χ4n) is 1.83. The van der Waals surface area contributed by atoms with Crippen molar-refractivity contribution in [3.05, 3.63) is 29.6 Å². The number of nitrogens with two attached hydrogens (primary N) is 1. The van der Waals surface area contributed by atoms with Crippen LogP contribution in [0.1, 0.15) is 25.8 Å². The molecule has 0 aromatic heterocycles. The predicted octanol–water partition coefficient (Wildman–Crippen LogP) is 1.21. The quantitative estimate of drug-likeness (QED) is 0.824. The van der Waals surface area contributed by atoms with Crippen LogP contribution in [-0.4, -0.2) is 21.0 Å². The van der Waals surface area contributed by atoms with E-state index in [1.54, 1.807) is 0 Å². The Labute approximate surface area is 118 Å². The molecular formula is C14H17FN2O2S. The fraction of sp³-hybridized carbons (Fsp3) is 0.429. The molecule has 2 rings (SSSR count). The van der Waals surface area contributed by atoms with E-state index in [0.29, 0.717) is 0 Å². The fourth-order valence-corrected chi connectivity index (χ4v) is 3.25. The monoisotopic (exact) mass is 296 g/mol. The summed E-state index contributed by atoms with van der Waals surface area (Å²) >= 11 is 0. The highest BCUT2D eigenvalue weighted by Gasteiger charge is 2.47. The maximum absolute atomic E-state index is 13.8. The molecule has 0 spiro atoms. The molecule has 0 radical (unpaired) electrons. The molecule has 1 saturated carbocycles. The smallest absolute Gasteiger partial charge is 0.240 e. The topological polar surface area (TPSA) is 72.2 Å². The first kappa shape index (κ1) is 15.0. The van der Waals surface area contributed by atoms with Crippen LogP contribution in [0.5, 0.6) is 0 Å². The van der Waals surface area contributed by atoms with Crippen LogP contribution >= 0.6 is 0 Å². The summed E-state index contributed by atoms with van der Waals surface area (Å²) in [5, 5.41) is 0. The van der Waals surface area contributed by atoms with Gasteiger partial charge in [0.25, 0.3) is 0 Å². The molecule has 1 aromatic carbocycles. The van der Waals surface area contributed by atoms with Gasteiger partial charge >= 0.3 is 0 Å². The summed E-state index contributed by atoms with van der Waals surface area (Å²) in [5.74, 6) is 4.42. The van der Waals surface area contributed by atoms with Crippen LogP contribution in [-0.2, 0) is 10.0 Å². The summed E-state index contributed by atoms with van der Waals surface area (Å²) in [5.41, 5.74) is 5.32. The normalized spacial score (nSPS) is 20.1. The summed E-state index contributed by atoms with van der Waals surface area (Å²) < 4.78 is 40.6. The molecule has 4 nitrogen and oxygen atoms in total. The predicted molar refractivity (Wildman–Crippen MR) is 74.8 cm³/mol. The zero-order chi connectivity index (χ0) is 15.0. The number of nitrogens with one attached hydrogen (secondary N) is 1. The SMILES string of the molecule is CC1(C)CC1NS(=O)(=O)c1ccc(C#CCN)c(F)c1. The van der Waals surface area contributed by atoms with E-state index in [1.807, 2.05) is 13.8 Å². The zero-order valence-corrected chi connectivity index (χ0v) is 12.2. The molecule has 6 heteroatoms. The second-order valence-electron chi connectivity index (χ2n) is 5.51. The largest absolute Gasteiger partial charge is 0.320 e. The first-order valence-corrected chi connectivity index (χ1v) is 7.75. The molecule has 1 unspecified atom stereocenters. The van der Waals surface area contributed by atoms with Crippen molar-refractivity contribution < 1.29 is 12.8 Å². The van der Waals surface area contributed by atoms with E-state index in [1.165, 1.54) is 12.1 Å². The van der Waals surface area contributed by atoms with Crippen molar-refractivity contribution in [3.63, 3.8) is 0 Å². The van der Waals surface area contributed by atoms with Gasteiger partial charge in [0.05, 0.1) is 17.0 Å². The second kappa shape index (κ2) is 5.17. The van der Waals surface area contributed by atoms with Crippen LogP contribution in [0.4, 0.5) is 4.39 Å². The van der Waals surface area contributed by atoms with E-state index in [-0.39, 0.29) is 28.5 Å². The maximum atomic E-state index is 13.8. The van der Waals surface area contributed by atoms with Crippen LogP contribution in [0.3, 0.4) is 0 Å². The molecule has 1 aromatic rings. The number of halogens is 1. The number of hydrogen-bond acceptors (Lipinski definition) is 3. The Kier molecular flexibility index (Phi) is 3.87. The lowest BCUT2D eigenvalue weighted by Crippen LogP contribution is -2.28. The van der Waals surface area contributed by atoms with Crippen LogP contribution in [0, 0.1) is 23.1 Å². The molecule has 1 atom stereocenters. The van der Waals surface area contributed by atoms with Gasteiger partial charge in [-0.05, 0) is 30.0 Å². The minimum Gasteiger partial charge on any atom is -0.320 e. The Balaban J connectivity index is 2.23.